The fraction of sp³-hybridized carbons (Fsp3) is 0.526. The van der Waals surface area contributed by atoms with E-state index in [9.17, 15) is 4.79 Å². The van der Waals surface area contributed by atoms with Crippen LogP contribution in [0.3, 0.4) is 0 Å². The molecule has 2 aromatic rings. The van der Waals surface area contributed by atoms with E-state index in [1.54, 1.807) is 11.6 Å². The van der Waals surface area contributed by atoms with Crippen LogP contribution < -0.4 is 10.6 Å². The standard InChI is InChI=1S/C19H25N7O2S/c1-2-28-12-4-8-21-17(27)15-13-29-19(24-15)25-18-22-9-6-14(23-18)16-5-3-10-26(16)11-7-20/h6,9,13,16H,2-5,8,10-12H2,1H3,(H,21,27)(H,22,23,24,25)/t16-/m1/s1. The second kappa shape index (κ2) is 10.8. The van der Waals surface area contributed by atoms with Crippen LogP contribution in [0, 0.1) is 11.3 Å². The van der Waals surface area contributed by atoms with Crippen LogP contribution in [-0.2, 0) is 4.74 Å². The van der Waals surface area contributed by atoms with E-state index >= 15 is 0 Å². The highest BCUT2D eigenvalue weighted by atomic mass is 32.1. The molecule has 1 saturated heterocycles. The highest BCUT2D eigenvalue weighted by Crippen LogP contribution is 2.30. The number of hydrogen-bond donors (Lipinski definition) is 2. The zero-order valence-corrected chi connectivity index (χ0v) is 17.2. The van der Waals surface area contributed by atoms with Crippen molar-refractivity contribution in [2.24, 2.45) is 0 Å². The van der Waals surface area contributed by atoms with Gasteiger partial charge in [-0.1, -0.05) is 0 Å². The zero-order chi connectivity index (χ0) is 20.5. The average Bonchev–Trinajstić information content (AvgIpc) is 3.38. The maximum Gasteiger partial charge on any atom is 0.270 e. The summed E-state index contributed by atoms with van der Waals surface area (Å²) in [5.74, 6) is 0.225. The molecule has 29 heavy (non-hydrogen) atoms. The molecule has 1 aliphatic rings. The SMILES string of the molecule is CCOCCCNC(=O)c1csc(Nc2nccc([C@H]3CCCN3CC#N)n2)n1. The van der Waals surface area contributed by atoms with Crippen LogP contribution in [0.4, 0.5) is 11.1 Å². The summed E-state index contributed by atoms with van der Waals surface area (Å²) in [5, 5.41) is 17.2. The summed E-state index contributed by atoms with van der Waals surface area (Å²) in [4.78, 5) is 27.5. The summed E-state index contributed by atoms with van der Waals surface area (Å²) in [6, 6.07) is 4.23. The van der Waals surface area contributed by atoms with E-state index in [2.05, 4.69) is 36.6 Å². The van der Waals surface area contributed by atoms with Crippen molar-refractivity contribution in [2.75, 3.05) is 38.2 Å². The number of hydrogen-bond acceptors (Lipinski definition) is 9. The fourth-order valence-electron chi connectivity index (χ4n) is 3.20. The molecule has 0 radical (unpaired) electrons. The average molecular weight is 416 g/mol. The summed E-state index contributed by atoms with van der Waals surface area (Å²) in [7, 11) is 0. The first-order valence-corrected chi connectivity index (χ1v) is 10.6. The summed E-state index contributed by atoms with van der Waals surface area (Å²) >= 11 is 1.33. The first-order valence-electron chi connectivity index (χ1n) is 9.73. The van der Waals surface area contributed by atoms with Crippen LogP contribution in [0.15, 0.2) is 17.6 Å². The molecule has 0 saturated carbocycles. The number of rotatable bonds is 10. The Bertz CT molecular complexity index is 851. The molecule has 0 spiro atoms. The number of nitriles is 1. The maximum atomic E-state index is 12.2. The van der Waals surface area contributed by atoms with Gasteiger partial charge < -0.3 is 15.4 Å². The molecule has 3 heterocycles. The van der Waals surface area contributed by atoms with Gasteiger partial charge in [-0.2, -0.15) is 5.26 Å². The number of amides is 1. The molecular formula is C19H25N7O2S. The largest absolute Gasteiger partial charge is 0.382 e. The molecule has 0 aliphatic carbocycles. The number of ether oxygens (including phenoxy) is 1. The molecule has 154 valence electrons. The van der Waals surface area contributed by atoms with Crippen molar-refractivity contribution in [2.45, 2.75) is 32.2 Å². The highest BCUT2D eigenvalue weighted by molar-refractivity contribution is 7.14. The normalized spacial score (nSPS) is 16.5. The molecule has 9 nitrogen and oxygen atoms in total. The van der Waals surface area contributed by atoms with Gasteiger partial charge in [0.1, 0.15) is 5.69 Å². The van der Waals surface area contributed by atoms with Crippen molar-refractivity contribution >= 4 is 28.3 Å². The molecule has 1 atom stereocenters. The third kappa shape index (κ3) is 5.93. The van der Waals surface area contributed by atoms with Crippen molar-refractivity contribution in [3.05, 3.63) is 29.0 Å². The first-order chi connectivity index (χ1) is 14.2. The lowest BCUT2D eigenvalue weighted by molar-refractivity contribution is 0.0940. The number of nitrogens with zero attached hydrogens (tertiary/aromatic N) is 5. The smallest absolute Gasteiger partial charge is 0.270 e. The molecular weight excluding hydrogens is 390 g/mol. The summed E-state index contributed by atoms with van der Waals surface area (Å²) in [5.41, 5.74) is 1.25. The Hall–Kier alpha value is -2.61. The topological polar surface area (TPSA) is 116 Å². The Morgan fingerprint density at radius 2 is 2.38 bits per heavy atom. The molecule has 0 unspecified atom stereocenters. The van der Waals surface area contributed by atoms with Crippen LogP contribution in [0.25, 0.3) is 0 Å². The van der Waals surface area contributed by atoms with Crippen molar-refractivity contribution in [3.63, 3.8) is 0 Å². The van der Waals surface area contributed by atoms with Crippen LogP contribution in [0.1, 0.15) is 48.4 Å². The molecule has 1 fully saturated rings. The van der Waals surface area contributed by atoms with Gasteiger partial charge in [-0.3, -0.25) is 9.69 Å². The Labute approximate surface area is 174 Å². The highest BCUT2D eigenvalue weighted by Gasteiger charge is 2.27. The van der Waals surface area contributed by atoms with E-state index in [4.69, 9.17) is 10.00 Å². The van der Waals surface area contributed by atoms with Gasteiger partial charge in [0.25, 0.3) is 5.91 Å². The van der Waals surface area contributed by atoms with Gasteiger partial charge in [0.05, 0.1) is 24.3 Å². The number of nitrogens with one attached hydrogen (secondary N) is 2. The lowest BCUT2D eigenvalue weighted by Gasteiger charge is -2.21. The monoisotopic (exact) mass is 415 g/mol. The Morgan fingerprint density at radius 3 is 3.21 bits per heavy atom. The molecule has 0 bridgehead atoms. The number of carbonyl (C=O) groups excluding carboxylic acids is 1. The molecule has 10 heteroatoms. The minimum Gasteiger partial charge on any atom is -0.382 e. The number of likely N-dealkylation sites (tertiary alicyclic amines) is 1. The van der Waals surface area contributed by atoms with Crippen LogP contribution in [0.2, 0.25) is 0 Å². The van der Waals surface area contributed by atoms with Crippen LogP contribution in [-0.4, -0.2) is 58.6 Å². The van der Waals surface area contributed by atoms with Gasteiger partial charge in [0, 0.05) is 31.3 Å². The Morgan fingerprint density at radius 1 is 1.48 bits per heavy atom. The second-order valence-corrected chi connectivity index (χ2v) is 7.42. The number of carbonyl (C=O) groups is 1. The van der Waals surface area contributed by atoms with Crippen molar-refractivity contribution in [3.8, 4) is 6.07 Å². The van der Waals surface area contributed by atoms with E-state index in [0.717, 1.165) is 31.5 Å². The third-order valence-electron chi connectivity index (χ3n) is 4.57. The Kier molecular flexibility index (Phi) is 7.86. The second-order valence-electron chi connectivity index (χ2n) is 6.56. The number of aromatic nitrogens is 3. The van der Waals surface area contributed by atoms with Crippen molar-refractivity contribution < 1.29 is 9.53 Å². The first kappa shape index (κ1) is 21.1. The predicted molar refractivity (Wildman–Crippen MR) is 110 cm³/mol. The van der Waals surface area contributed by atoms with Gasteiger partial charge in [-0.15, -0.1) is 11.3 Å². The van der Waals surface area contributed by atoms with Gasteiger partial charge in [-0.05, 0) is 38.8 Å². The molecule has 1 amide bonds. The summed E-state index contributed by atoms with van der Waals surface area (Å²) < 4.78 is 5.25. The summed E-state index contributed by atoms with van der Waals surface area (Å²) in [6.45, 7) is 5.09. The minimum absolute atomic E-state index is 0.132. The van der Waals surface area contributed by atoms with Gasteiger partial charge in [0.2, 0.25) is 5.95 Å². The van der Waals surface area contributed by atoms with E-state index in [-0.39, 0.29) is 11.9 Å². The van der Waals surface area contributed by atoms with Gasteiger partial charge >= 0.3 is 0 Å². The van der Waals surface area contributed by atoms with E-state index < -0.39 is 0 Å². The molecule has 0 aromatic carbocycles. The van der Waals surface area contributed by atoms with E-state index in [0.29, 0.717) is 43.1 Å². The van der Waals surface area contributed by atoms with Gasteiger partial charge in [-0.25, -0.2) is 15.0 Å². The molecule has 2 aromatic heterocycles. The van der Waals surface area contributed by atoms with E-state index in [1.165, 1.54) is 11.3 Å². The molecule has 3 rings (SSSR count). The van der Waals surface area contributed by atoms with Gasteiger partial charge in [0.15, 0.2) is 5.13 Å². The summed E-state index contributed by atoms with van der Waals surface area (Å²) in [6.07, 6.45) is 4.49. The van der Waals surface area contributed by atoms with Crippen molar-refractivity contribution in [1.82, 2.24) is 25.2 Å². The number of thiazole rings is 1. The number of anilines is 2. The van der Waals surface area contributed by atoms with Crippen LogP contribution in [0.5, 0.6) is 0 Å². The predicted octanol–water partition coefficient (Wildman–Crippen LogP) is 2.49. The lowest BCUT2D eigenvalue weighted by atomic mass is 10.1. The maximum absolute atomic E-state index is 12.2. The van der Waals surface area contributed by atoms with Crippen LogP contribution >= 0.6 is 11.3 Å². The zero-order valence-electron chi connectivity index (χ0n) is 16.4. The Balaban J connectivity index is 1.57. The molecule has 1 aliphatic heterocycles. The lowest BCUT2D eigenvalue weighted by Crippen LogP contribution is -2.25. The fourth-order valence-corrected chi connectivity index (χ4v) is 3.89. The van der Waals surface area contributed by atoms with E-state index in [1.807, 2.05) is 13.0 Å². The quantitative estimate of drug-likeness (QED) is 0.449. The minimum atomic E-state index is -0.210. The third-order valence-corrected chi connectivity index (χ3v) is 5.32. The molecule has 2 N–H and O–H groups in total. The van der Waals surface area contributed by atoms with Crippen molar-refractivity contribution in [1.29, 1.82) is 5.26 Å².